The third kappa shape index (κ3) is 6.62. The standard InChI is InChI=1S/C15H28N4O2/c1-6-11(7-2)8-16-9-12-10-17-19-13(12)18-14(20)21-15(3,4)5/h10-11,16H,6-9H2,1-5H3,(H2,17,18,19,20). The van der Waals surface area contributed by atoms with E-state index in [1.807, 2.05) is 20.8 Å². The minimum absolute atomic E-state index is 0.479. The first-order valence-corrected chi connectivity index (χ1v) is 7.58. The number of nitrogens with zero attached hydrogens (tertiary/aromatic N) is 1. The van der Waals surface area contributed by atoms with Crippen LogP contribution in [0.5, 0.6) is 0 Å². The van der Waals surface area contributed by atoms with Crippen LogP contribution in [-0.2, 0) is 11.3 Å². The molecule has 0 aliphatic heterocycles. The molecule has 0 spiro atoms. The van der Waals surface area contributed by atoms with E-state index in [9.17, 15) is 4.79 Å². The number of carbonyl (C=O) groups is 1. The predicted molar refractivity (Wildman–Crippen MR) is 84.2 cm³/mol. The number of hydrogen-bond acceptors (Lipinski definition) is 4. The van der Waals surface area contributed by atoms with Gasteiger partial charge in [0.15, 0.2) is 0 Å². The Morgan fingerprint density at radius 3 is 2.62 bits per heavy atom. The van der Waals surface area contributed by atoms with Crippen LogP contribution < -0.4 is 10.6 Å². The lowest BCUT2D eigenvalue weighted by Crippen LogP contribution is -2.28. The molecule has 0 unspecified atom stereocenters. The van der Waals surface area contributed by atoms with Gasteiger partial charge in [0.2, 0.25) is 0 Å². The van der Waals surface area contributed by atoms with Gasteiger partial charge in [0.25, 0.3) is 0 Å². The minimum atomic E-state index is -0.516. The number of nitrogens with one attached hydrogen (secondary N) is 3. The Labute approximate surface area is 127 Å². The Bertz CT molecular complexity index is 433. The fraction of sp³-hybridized carbons (Fsp3) is 0.733. The summed E-state index contributed by atoms with van der Waals surface area (Å²) in [4.78, 5) is 11.8. The van der Waals surface area contributed by atoms with E-state index < -0.39 is 11.7 Å². The topological polar surface area (TPSA) is 79.0 Å². The molecule has 0 aliphatic carbocycles. The summed E-state index contributed by atoms with van der Waals surface area (Å²) in [5, 5.41) is 12.9. The van der Waals surface area contributed by atoms with Crippen molar-refractivity contribution in [2.75, 3.05) is 11.9 Å². The SMILES string of the molecule is CCC(CC)CNCc1cn[nH]c1NC(=O)OC(C)(C)C. The van der Waals surface area contributed by atoms with Crippen LogP contribution in [0, 0.1) is 5.92 Å². The lowest BCUT2D eigenvalue weighted by atomic mass is 10.0. The van der Waals surface area contributed by atoms with Gasteiger partial charge in [-0.25, -0.2) is 4.79 Å². The molecule has 1 aromatic heterocycles. The van der Waals surface area contributed by atoms with E-state index in [4.69, 9.17) is 4.74 Å². The maximum atomic E-state index is 11.8. The second-order valence-electron chi connectivity index (χ2n) is 6.21. The van der Waals surface area contributed by atoms with Crippen molar-refractivity contribution in [1.82, 2.24) is 15.5 Å². The van der Waals surface area contributed by atoms with E-state index in [1.54, 1.807) is 6.20 Å². The molecule has 0 atom stereocenters. The highest BCUT2D eigenvalue weighted by atomic mass is 16.6. The first kappa shape index (κ1) is 17.5. The fourth-order valence-corrected chi connectivity index (χ4v) is 1.95. The first-order valence-electron chi connectivity index (χ1n) is 7.58. The maximum Gasteiger partial charge on any atom is 0.413 e. The molecule has 6 nitrogen and oxygen atoms in total. The average Bonchev–Trinajstić information content (AvgIpc) is 2.79. The largest absolute Gasteiger partial charge is 0.444 e. The van der Waals surface area contributed by atoms with Gasteiger partial charge < -0.3 is 10.1 Å². The van der Waals surface area contributed by atoms with Gasteiger partial charge in [0.05, 0.1) is 6.20 Å². The molecule has 1 heterocycles. The predicted octanol–water partition coefficient (Wildman–Crippen LogP) is 3.28. The van der Waals surface area contributed by atoms with Crippen molar-refractivity contribution in [2.45, 2.75) is 59.6 Å². The van der Waals surface area contributed by atoms with Crippen LogP contribution in [0.4, 0.5) is 10.6 Å². The van der Waals surface area contributed by atoms with Crippen molar-refractivity contribution < 1.29 is 9.53 Å². The smallest absolute Gasteiger partial charge is 0.413 e. The van der Waals surface area contributed by atoms with Crippen LogP contribution in [0.1, 0.15) is 53.0 Å². The third-order valence-electron chi connectivity index (χ3n) is 3.25. The van der Waals surface area contributed by atoms with Gasteiger partial charge in [0.1, 0.15) is 11.4 Å². The van der Waals surface area contributed by atoms with Crippen LogP contribution >= 0.6 is 0 Å². The van der Waals surface area contributed by atoms with Gasteiger partial charge in [-0.05, 0) is 33.2 Å². The molecule has 0 bridgehead atoms. The summed E-state index contributed by atoms with van der Waals surface area (Å²) in [6.07, 6.45) is 3.57. The molecule has 0 aliphatic rings. The van der Waals surface area contributed by atoms with E-state index in [0.717, 1.165) is 24.9 Å². The van der Waals surface area contributed by atoms with Crippen molar-refractivity contribution in [3.63, 3.8) is 0 Å². The molecule has 1 amide bonds. The molecule has 0 aromatic carbocycles. The van der Waals surface area contributed by atoms with Crippen LogP contribution in [0.2, 0.25) is 0 Å². The van der Waals surface area contributed by atoms with E-state index in [0.29, 0.717) is 18.3 Å². The van der Waals surface area contributed by atoms with Crippen LogP contribution in [0.25, 0.3) is 0 Å². The molecule has 0 fully saturated rings. The van der Waals surface area contributed by atoms with Gasteiger partial charge in [-0.3, -0.25) is 10.4 Å². The Hall–Kier alpha value is -1.56. The van der Waals surface area contributed by atoms with E-state index in [1.165, 1.54) is 0 Å². The highest BCUT2D eigenvalue weighted by molar-refractivity contribution is 5.84. The Morgan fingerprint density at radius 2 is 2.05 bits per heavy atom. The Morgan fingerprint density at radius 1 is 1.38 bits per heavy atom. The van der Waals surface area contributed by atoms with Crippen molar-refractivity contribution in [1.29, 1.82) is 0 Å². The van der Waals surface area contributed by atoms with Crippen molar-refractivity contribution in [3.8, 4) is 0 Å². The molecule has 1 rings (SSSR count). The van der Waals surface area contributed by atoms with Crippen molar-refractivity contribution >= 4 is 11.9 Å². The maximum absolute atomic E-state index is 11.8. The summed E-state index contributed by atoms with van der Waals surface area (Å²) in [7, 11) is 0. The number of amides is 1. The molecule has 120 valence electrons. The fourth-order valence-electron chi connectivity index (χ4n) is 1.95. The zero-order chi connectivity index (χ0) is 15.9. The molecule has 21 heavy (non-hydrogen) atoms. The molecule has 0 radical (unpaired) electrons. The molecule has 6 heteroatoms. The highest BCUT2D eigenvalue weighted by Crippen LogP contribution is 2.14. The number of anilines is 1. The second kappa shape index (κ2) is 8.02. The number of H-pyrrole nitrogens is 1. The van der Waals surface area contributed by atoms with Crippen molar-refractivity contribution in [2.24, 2.45) is 5.92 Å². The molecule has 3 N–H and O–H groups in total. The minimum Gasteiger partial charge on any atom is -0.444 e. The highest BCUT2D eigenvalue weighted by Gasteiger charge is 2.17. The average molecular weight is 296 g/mol. The number of aromatic nitrogens is 2. The molecular formula is C15H28N4O2. The first-order chi connectivity index (χ1) is 9.85. The van der Waals surface area contributed by atoms with Gasteiger partial charge in [-0.15, -0.1) is 0 Å². The number of carbonyl (C=O) groups excluding carboxylic acids is 1. The van der Waals surface area contributed by atoms with E-state index >= 15 is 0 Å². The van der Waals surface area contributed by atoms with Crippen molar-refractivity contribution in [3.05, 3.63) is 11.8 Å². The lowest BCUT2D eigenvalue weighted by Gasteiger charge is -2.19. The lowest BCUT2D eigenvalue weighted by molar-refractivity contribution is 0.0635. The van der Waals surface area contributed by atoms with Gasteiger partial charge in [-0.1, -0.05) is 26.7 Å². The number of rotatable bonds is 7. The van der Waals surface area contributed by atoms with Crippen LogP contribution in [0.15, 0.2) is 6.20 Å². The summed E-state index contributed by atoms with van der Waals surface area (Å²) >= 11 is 0. The summed E-state index contributed by atoms with van der Waals surface area (Å²) in [5.74, 6) is 1.26. The van der Waals surface area contributed by atoms with Gasteiger partial charge in [-0.2, -0.15) is 5.10 Å². The number of hydrogen-bond donors (Lipinski definition) is 3. The number of aromatic amines is 1. The molecule has 0 saturated heterocycles. The zero-order valence-corrected chi connectivity index (χ0v) is 13.7. The Kier molecular flexibility index (Phi) is 6.68. The molecular weight excluding hydrogens is 268 g/mol. The summed E-state index contributed by atoms with van der Waals surface area (Å²) in [5.41, 5.74) is 0.407. The van der Waals surface area contributed by atoms with E-state index in [2.05, 4.69) is 34.7 Å². The van der Waals surface area contributed by atoms with Gasteiger partial charge in [0, 0.05) is 12.1 Å². The normalized spacial score (nSPS) is 11.7. The van der Waals surface area contributed by atoms with Crippen LogP contribution in [0.3, 0.4) is 0 Å². The van der Waals surface area contributed by atoms with Crippen LogP contribution in [-0.4, -0.2) is 28.4 Å². The summed E-state index contributed by atoms with van der Waals surface area (Å²) < 4.78 is 5.23. The monoisotopic (exact) mass is 296 g/mol. The number of ether oxygens (including phenoxy) is 1. The van der Waals surface area contributed by atoms with Gasteiger partial charge >= 0.3 is 6.09 Å². The third-order valence-corrected chi connectivity index (χ3v) is 3.25. The zero-order valence-electron chi connectivity index (χ0n) is 13.7. The summed E-state index contributed by atoms with van der Waals surface area (Å²) in [6.45, 7) is 11.5. The quantitative estimate of drug-likeness (QED) is 0.721. The summed E-state index contributed by atoms with van der Waals surface area (Å²) in [6, 6.07) is 0. The Balaban J connectivity index is 2.48. The van der Waals surface area contributed by atoms with E-state index in [-0.39, 0.29) is 0 Å². The second-order valence-corrected chi connectivity index (χ2v) is 6.21. The molecule has 1 aromatic rings. The molecule has 0 saturated carbocycles.